The minimum Gasteiger partial charge on any atom is -0.325 e. The van der Waals surface area contributed by atoms with Crippen LogP contribution in [0.4, 0.5) is 5.69 Å². The van der Waals surface area contributed by atoms with Gasteiger partial charge in [0.15, 0.2) is 0 Å². The summed E-state index contributed by atoms with van der Waals surface area (Å²) in [5, 5.41) is 6.07. The van der Waals surface area contributed by atoms with Crippen LogP contribution in [0.25, 0.3) is 10.1 Å². The van der Waals surface area contributed by atoms with Crippen LogP contribution in [0, 0.1) is 0 Å². The maximum Gasteiger partial charge on any atom is 0.241 e. The molecule has 1 aromatic heterocycles. The van der Waals surface area contributed by atoms with E-state index in [2.05, 4.69) is 12.2 Å². The fraction of sp³-hybridized carbons (Fsp3) is 0.357. The number of nitrogens with one attached hydrogen (secondary N) is 1. The lowest BCUT2D eigenvalue weighted by Crippen LogP contribution is -2.35. The molecule has 0 radical (unpaired) electrons. The van der Waals surface area contributed by atoms with Crippen LogP contribution in [0.5, 0.6) is 0 Å². The average Bonchev–Trinajstić information content (AvgIpc) is 2.83. The molecule has 0 bridgehead atoms. The first-order valence-electron chi connectivity index (χ1n) is 6.24. The molecule has 18 heavy (non-hydrogen) atoms. The summed E-state index contributed by atoms with van der Waals surface area (Å²) in [6.07, 6.45) is 2.78. The molecule has 0 fully saturated rings. The van der Waals surface area contributed by atoms with E-state index < -0.39 is 6.04 Å². The number of hydrogen-bond acceptors (Lipinski definition) is 3. The summed E-state index contributed by atoms with van der Waals surface area (Å²) < 4.78 is 1.23. The summed E-state index contributed by atoms with van der Waals surface area (Å²) in [6.45, 7) is 2.09. The fourth-order valence-corrected chi connectivity index (χ4v) is 2.61. The van der Waals surface area contributed by atoms with Crippen LogP contribution >= 0.6 is 11.3 Å². The molecule has 2 rings (SSSR count). The van der Waals surface area contributed by atoms with Crippen molar-refractivity contribution in [2.75, 3.05) is 5.32 Å². The molecule has 0 aliphatic heterocycles. The van der Waals surface area contributed by atoms with Crippen LogP contribution in [0.1, 0.15) is 26.2 Å². The van der Waals surface area contributed by atoms with Gasteiger partial charge in [-0.1, -0.05) is 19.8 Å². The van der Waals surface area contributed by atoms with Crippen LogP contribution in [-0.4, -0.2) is 11.9 Å². The average molecular weight is 262 g/mol. The van der Waals surface area contributed by atoms with Gasteiger partial charge in [-0.15, -0.1) is 11.3 Å². The number of anilines is 1. The van der Waals surface area contributed by atoms with Gasteiger partial charge in [-0.25, -0.2) is 0 Å². The Balaban J connectivity index is 2.01. The molecule has 0 aliphatic rings. The van der Waals surface area contributed by atoms with Crippen molar-refractivity contribution in [2.45, 2.75) is 32.2 Å². The number of fused-ring (bicyclic) bond motifs is 1. The standard InChI is InChI=1S/C14H18N2OS/c1-2-3-4-12(15)14(17)16-11-5-6-13-10(9-11)7-8-18-13/h5-9,12H,2-4,15H2,1H3,(H,16,17)/t12-/m0/s1. The van der Waals surface area contributed by atoms with E-state index in [1.807, 2.05) is 29.6 Å². The van der Waals surface area contributed by atoms with Gasteiger partial charge < -0.3 is 11.1 Å². The lowest BCUT2D eigenvalue weighted by Gasteiger charge is -2.11. The molecule has 2 aromatic rings. The fourth-order valence-electron chi connectivity index (χ4n) is 1.83. The second kappa shape index (κ2) is 5.98. The maximum atomic E-state index is 11.9. The van der Waals surface area contributed by atoms with E-state index in [0.717, 1.165) is 30.3 Å². The van der Waals surface area contributed by atoms with Crippen molar-refractivity contribution in [1.82, 2.24) is 0 Å². The zero-order chi connectivity index (χ0) is 13.0. The van der Waals surface area contributed by atoms with Crippen molar-refractivity contribution in [3.8, 4) is 0 Å². The first kappa shape index (κ1) is 13.1. The van der Waals surface area contributed by atoms with Crippen LogP contribution in [0.15, 0.2) is 29.6 Å². The molecule has 1 atom stereocenters. The molecular weight excluding hydrogens is 244 g/mol. The zero-order valence-corrected chi connectivity index (χ0v) is 11.3. The zero-order valence-electron chi connectivity index (χ0n) is 10.5. The number of thiophene rings is 1. The highest BCUT2D eigenvalue weighted by Crippen LogP contribution is 2.24. The molecule has 0 saturated heterocycles. The highest BCUT2D eigenvalue weighted by atomic mass is 32.1. The second-order valence-corrected chi connectivity index (χ2v) is 5.36. The molecule has 0 unspecified atom stereocenters. The van der Waals surface area contributed by atoms with Crippen LogP contribution < -0.4 is 11.1 Å². The molecule has 0 spiro atoms. The van der Waals surface area contributed by atoms with E-state index in [1.165, 1.54) is 4.70 Å². The molecule has 3 N–H and O–H groups in total. The van der Waals surface area contributed by atoms with Crippen molar-refractivity contribution >= 4 is 33.0 Å². The number of rotatable bonds is 5. The number of nitrogens with two attached hydrogens (primary N) is 1. The summed E-state index contributed by atoms with van der Waals surface area (Å²) >= 11 is 1.69. The Hall–Kier alpha value is -1.39. The SMILES string of the molecule is CCCC[C@H](N)C(=O)Nc1ccc2sccc2c1. The number of benzene rings is 1. The number of amides is 1. The molecule has 96 valence electrons. The Bertz CT molecular complexity index is 535. The maximum absolute atomic E-state index is 11.9. The Morgan fingerprint density at radius 2 is 2.28 bits per heavy atom. The van der Waals surface area contributed by atoms with E-state index in [-0.39, 0.29) is 5.91 Å². The van der Waals surface area contributed by atoms with Gasteiger partial charge in [-0.2, -0.15) is 0 Å². The summed E-state index contributed by atoms with van der Waals surface area (Å²) in [5.74, 6) is -0.0990. The van der Waals surface area contributed by atoms with Gasteiger partial charge in [0.05, 0.1) is 6.04 Å². The topological polar surface area (TPSA) is 55.1 Å². The van der Waals surface area contributed by atoms with Gasteiger partial charge in [0, 0.05) is 10.4 Å². The third kappa shape index (κ3) is 3.09. The summed E-state index contributed by atoms with van der Waals surface area (Å²) in [7, 11) is 0. The van der Waals surface area contributed by atoms with Crippen LogP contribution in [0.2, 0.25) is 0 Å². The van der Waals surface area contributed by atoms with Gasteiger partial charge in [0.25, 0.3) is 0 Å². The van der Waals surface area contributed by atoms with Gasteiger partial charge >= 0.3 is 0 Å². The van der Waals surface area contributed by atoms with Crippen LogP contribution in [0.3, 0.4) is 0 Å². The first-order valence-corrected chi connectivity index (χ1v) is 7.12. The molecular formula is C14H18N2OS. The lowest BCUT2D eigenvalue weighted by molar-refractivity contribution is -0.117. The Morgan fingerprint density at radius 3 is 3.06 bits per heavy atom. The summed E-state index contributed by atoms with van der Waals surface area (Å²) in [6, 6.07) is 7.56. The molecule has 0 aliphatic carbocycles. The third-order valence-electron chi connectivity index (χ3n) is 2.93. The molecule has 1 amide bonds. The summed E-state index contributed by atoms with van der Waals surface area (Å²) in [4.78, 5) is 11.9. The highest BCUT2D eigenvalue weighted by Gasteiger charge is 2.12. The molecule has 3 nitrogen and oxygen atoms in total. The van der Waals surface area contributed by atoms with E-state index in [1.54, 1.807) is 11.3 Å². The third-order valence-corrected chi connectivity index (χ3v) is 3.82. The van der Waals surface area contributed by atoms with Crippen molar-refractivity contribution in [3.63, 3.8) is 0 Å². The minimum absolute atomic E-state index is 0.0990. The molecule has 1 aromatic carbocycles. The van der Waals surface area contributed by atoms with Gasteiger partial charge in [0.1, 0.15) is 0 Å². The highest BCUT2D eigenvalue weighted by molar-refractivity contribution is 7.17. The smallest absolute Gasteiger partial charge is 0.241 e. The quantitative estimate of drug-likeness (QED) is 0.868. The number of carbonyl (C=O) groups excluding carboxylic acids is 1. The molecule has 0 saturated carbocycles. The predicted octanol–water partition coefficient (Wildman–Crippen LogP) is 3.36. The minimum atomic E-state index is -0.414. The predicted molar refractivity (Wildman–Crippen MR) is 78.0 cm³/mol. The Morgan fingerprint density at radius 1 is 1.44 bits per heavy atom. The number of unbranched alkanes of at least 4 members (excludes halogenated alkanes) is 1. The van der Waals surface area contributed by atoms with Crippen LogP contribution in [-0.2, 0) is 4.79 Å². The van der Waals surface area contributed by atoms with E-state index in [4.69, 9.17) is 5.73 Å². The van der Waals surface area contributed by atoms with Crippen molar-refractivity contribution in [1.29, 1.82) is 0 Å². The summed E-state index contributed by atoms with van der Waals surface area (Å²) in [5.41, 5.74) is 6.65. The lowest BCUT2D eigenvalue weighted by atomic mass is 10.1. The normalized spacial score (nSPS) is 12.6. The number of hydrogen-bond donors (Lipinski definition) is 2. The largest absolute Gasteiger partial charge is 0.325 e. The Labute approximate surface area is 111 Å². The van der Waals surface area contributed by atoms with Gasteiger partial charge in [-0.05, 0) is 41.5 Å². The van der Waals surface area contributed by atoms with Gasteiger partial charge in [0.2, 0.25) is 5.91 Å². The van der Waals surface area contributed by atoms with Crippen molar-refractivity contribution in [3.05, 3.63) is 29.6 Å². The molecule has 1 heterocycles. The van der Waals surface area contributed by atoms with E-state index in [9.17, 15) is 4.79 Å². The monoisotopic (exact) mass is 262 g/mol. The number of carbonyl (C=O) groups is 1. The van der Waals surface area contributed by atoms with Crippen molar-refractivity contribution in [2.24, 2.45) is 5.73 Å². The first-order chi connectivity index (χ1) is 8.70. The van der Waals surface area contributed by atoms with E-state index in [0.29, 0.717) is 0 Å². The van der Waals surface area contributed by atoms with Crippen molar-refractivity contribution < 1.29 is 4.79 Å². The van der Waals surface area contributed by atoms with E-state index >= 15 is 0 Å². The molecule has 4 heteroatoms. The second-order valence-electron chi connectivity index (χ2n) is 4.41. The Kier molecular flexibility index (Phi) is 4.33. The van der Waals surface area contributed by atoms with Gasteiger partial charge in [-0.3, -0.25) is 4.79 Å².